The fraction of sp³-hybridized carbons (Fsp3) is 0.929. The lowest BCUT2D eigenvalue weighted by Gasteiger charge is -2.43. The highest BCUT2D eigenvalue weighted by atomic mass is 16.2. The van der Waals surface area contributed by atoms with Crippen LogP contribution in [0, 0.1) is 11.8 Å². The van der Waals surface area contributed by atoms with Crippen LogP contribution in [0.5, 0.6) is 0 Å². The fourth-order valence-electron chi connectivity index (χ4n) is 3.49. The minimum Gasteiger partial charge on any atom is -0.349 e. The van der Waals surface area contributed by atoms with Gasteiger partial charge in [-0.05, 0) is 31.6 Å². The number of amides is 1. The topological polar surface area (TPSA) is 55.1 Å². The number of carbonyl (C=O) groups excluding carboxylic acids is 1. The Morgan fingerprint density at radius 1 is 1.24 bits per heavy atom. The lowest BCUT2D eigenvalue weighted by atomic mass is 9.73. The number of rotatable bonds is 3. The van der Waals surface area contributed by atoms with Crippen LogP contribution < -0.4 is 11.1 Å². The van der Waals surface area contributed by atoms with Gasteiger partial charge in [0.2, 0.25) is 5.91 Å². The minimum absolute atomic E-state index is 0.113. The standard InChI is InChI=1S/C14H26N2O/c1-11-6-4-5-9-14(11,10-15)16-13(17)12-7-2-3-8-12/h11-12H,2-10,15H2,1H3,(H,16,17). The molecule has 2 rings (SSSR count). The molecule has 0 heterocycles. The second kappa shape index (κ2) is 5.38. The quantitative estimate of drug-likeness (QED) is 0.792. The van der Waals surface area contributed by atoms with E-state index in [2.05, 4.69) is 12.2 Å². The predicted molar refractivity (Wildman–Crippen MR) is 69.5 cm³/mol. The molecule has 98 valence electrons. The van der Waals surface area contributed by atoms with Crippen molar-refractivity contribution in [3.63, 3.8) is 0 Å². The highest BCUT2D eigenvalue weighted by Gasteiger charge is 2.39. The maximum Gasteiger partial charge on any atom is 0.223 e. The van der Waals surface area contributed by atoms with E-state index in [9.17, 15) is 4.79 Å². The second-order valence-electron chi connectivity index (χ2n) is 5.98. The zero-order valence-electron chi connectivity index (χ0n) is 11.0. The van der Waals surface area contributed by atoms with Crippen molar-refractivity contribution in [1.82, 2.24) is 5.32 Å². The van der Waals surface area contributed by atoms with Gasteiger partial charge in [0.1, 0.15) is 0 Å². The third-order valence-electron chi connectivity index (χ3n) is 4.92. The number of nitrogens with one attached hydrogen (secondary N) is 1. The van der Waals surface area contributed by atoms with E-state index in [0.29, 0.717) is 12.5 Å². The molecule has 0 aromatic carbocycles. The SMILES string of the molecule is CC1CCCCC1(CN)NC(=O)C1CCCC1. The van der Waals surface area contributed by atoms with E-state index in [1.807, 2.05) is 0 Å². The summed E-state index contributed by atoms with van der Waals surface area (Å²) in [4.78, 5) is 12.3. The molecule has 3 N–H and O–H groups in total. The van der Waals surface area contributed by atoms with Crippen LogP contribution in [-0.4, -0.2) is 18.0 Å². The summed E-state index contributed by atoms with van der Waals surface area (Å²) in [7, 11) is 0. The zero-order chi connectivity index (χ0) is 12.3. The molecule has 0 aromatic rings. The van der Waals surface area contributed by atoms with Crippen molar-refractivity contribution >= 4 is 5.91 Å². The average molecular weight is 238 g/mol. The van der Waals surface area contributed by atoms with Crippen molar-refractivity contribution in [2.24, 2.45) is 17.6 Å². The summed E-state index contributed by atoms with van der Waals surface area (Å²) in [6, 6.07) is 0. The minimum atomic E-state index is -0.113. The van der Waals surface area contributed by atoms with Gasteiger partial charge in [0.05, 0.1) is 5.54 Å². The summed E-state index contributed by atoms with van der Waals surface area (Å²) in [5.41, 5.74) is 5.85. The molecule has 0 aliphatic heterocycles. The smallest absolute Gasteiger partial charge is 0.223 e. The Morgan fingerprint density at radius 3 is 2.47 bits per heavy atom. The van der Waals surface area contributed by atoms with Crippen LogP contribution in [0.25, 0.3) is 0 Å². The largest absolute Gasteiger partial charge is 0.349 e. The van der Waals surface area contributed by atoms with Gasteiger partial charge in [0.15, 0.2) is 0 Å². The normalized spacial score (nSPS) is 34.8. The van der Waals surface area contributed by atoms with Crippen molar-refractivity contribution in [3.8, 4) is 0 Å². The van der Waals surface area contributed by atoms with E-state index in [-0.39, 0.29) is 17.4 Å². The zero-order valence-corrected chi connectivity index (χ0v) is 11.0. The van der Waals surface area contributed by atoms with Gasteiger partial charge in [0, 0.05) is 12.5 Å². The molecule has 2 aliphatic rings. The molecule has 0 saturated heterocycles. The molecular formula is C14H26N2O. The molecule has 0 radical (unpaired) electrons. The molecule has 2 aliphatic carbocycles. The Labute approximate surface area is 105 Å². The van der Waals surface area contributed by atoms with E-state index in [1.165, 1.54) is 32.1 Å². The van der Waals surface area contributed by atoms with Crippen LogP contribution in [0.15, 0.2) is 0 Å². The summed E-state index contributed by atoms with van der Waals surface area (Å²) in [6.07, 6.45) is 9.30. The Balaban J connectivity index is 1.99. The van der Waals surface area contributed by atoms with Gasteiger partial charge < -0.3 is 11.1 Å². The molecule has 17 heavy (non-hydrogen) atoms. The molecule has 0 bridgehead atoms. The van der Waals surface area contributed by atoms with Gasteiger partial charge >= 0.3 is 0 Å². The third-order valence-corrected chi connectivity index (χ3v) is 4.92. The molecule has 2 saturated carbocycles. The molecule has 2 atom stereocenters. The molecule has 3 nitrogen and oxygen atoms in total. The predicted octanol–water partition coefficient (Wildman–Crippen LogP) is 2.20. The Bertz CT molecular complexity index is 273. The van der Waals surface area contributed by atoms with Crippen molar-refractivity contribution in [1.29, 1.82) is 0 Å². The van der Waals surface area contributed by atoms with Crippen LogP contribution in [0.2, 0.25) is 0 Å². The number of nitrogens with two attached hydrogens (primary N) is 1. The third kappa shape index (κ3) is 2.65. The van der Waals surface area contributed by atoms with E-state index < -0.39 is 0 Å². The molecule has 0 aromatic heterocycles. The first-order valence-corrected chi connectivity index (χ1v) is 7.20. The van der Waals surface area contributed by atoms with E-state index in [1.54, 1.807) is 0 Å². The number of carbonyl (C=O) groups is 1. The van der Waals surface area contributed by atoms with Gasteiger partial charge in [-0.1, -0.05) is 32.6 Å². The van der Waals surface area contributed by atoms with Gasteiger partial charge in [0.25, 0.3) is 0 Å². The highest BCUT2D eigenvalue weighted by Crippen LogP contribution is 2.34. The van der Waals surface area contributed by atoms with Gasteiger partial charge in [-0.15, -0.1) is 0 Å². The Kier molecular flexibility index (Phi) is 4.08. The van der Waals surface area contributed by atoms with Crippen LogP contribution in [-0.2, 0) is 4.79 Å². The number of hydrogen-bond donors (Lipinski definition) is 2. The summed E-state index contributed by atoms with van der Waals surface area (Å²) in [5.74, 6) is 1.04. The van der Waals surface area contributed by atoms with Crippen LogP contribution in [0.1, 0.15) is 58.3 Å². The second-order valence-corrected chi connectivity index (χ2v) is 5.98. The lowest BCUT2D eigenvalue weighted by Crippen LogP contribution is -2.60. The van der Waals surface area contributed by atoms with E-state index >= 15 is 0 Å². The Morgan fingerprint density at radius 2 is 1.88 bits per heavy atom. The maximum atomic E-state index is 12.3. The highest BCUT2D eigenvalue weighted by molar-refractivity contribution is 5.79. The van der Waals surface area contributed by atoms with Gasteiger partial charge in [-0.2, -0.15) is 0 Å². The summed E-state index contributed by atoms with van der Waals surface area (Å²) in [5, 5.41) is 3.31. The average Bonchev–Trinajstić information content (AvgIpc) is 2.86. The first-order chi connectivity index (χ1) is 8.18. The van der Waals surface area contributed by atoms with Crippen LogP contribution in [0.3, 0.4) is 0 Å². The summed E-state index contributed by atoms with van der Waals surface area (Å²) >= 11 is 0. The number of hydrogen-bond acceptors (Lipinski definition) is 2. The van der Waals surface area contributed by atoms with Crippen molar-refractivity contribution in [2.45, 2.75) is 63.8 Å². The van der Waals surface area contributed by atoms with Crippen molar-refractivity contribution in [2.75, 3.05) is 6.54 Å². The van der Waals surface area contributed by atoms with E-state index in [4.69, 9.17) is 5.73 Å². The monoisotopic (exact) mass is 238 g/mol. The van der Waals surface area contributed by atoms with Crippen molar-refractivity contribution < 1.29 is 4.79 Å². The van der Waals surface area contributed by atoms with Crippen LogP contribution >= 0.6 is 0 Å². The first kappa shape index (κ1) is 12.9. The fourth-order valence-corrected chi connectivity index (χ4v) is 3.49. The van der Waals surface area contributed by atoms with Crippen molar-refractivity contribution in [3.05, 3.63) is 0 Å². The molecule has 2 unspecified atom stereocenters. The van der Waals surface area contributed by atoms with Gasteiger partial charge in [-0.25, -0.2) is 0 Å². The summed E-state index contributed by atoms with van der Waals surface area (Å²) < 4.78 is 0. The lowest BCUT2D eigenvalue weighted by molar-refractivity contribution is -0.127. The molecule has 0 spiro atoms. The molecule has 2 fully saturated rings. The van der Waals surface area contributed by atoms with E-state index in [0.717, 1.165) is 19.3 Å². The molecular weight excluding hydrogens is 212 g/mol. The summed E-state index contributed by atoms with van der Waals surface area (Å²) in [6.45, 7) is 2.83. The van der Waals surface area contributed by atoms with Crippen LogP contribution in [0.4, 0.5) is 0 Å². The first-order valence-electron chi connectivity index (χ1n) is 7.20. The molecule has 1 amide bonds. The van der Waals surface area contributed by atoms with Gasteiger partial charge in [-0.3, -0.25) is 4.79 Å². The molecule has 3 heteroatoms. The maximum absolute atomic E-state index is 12.3. The Hall–Kier alpha value is -0.570.